The quantitative estimate of drug-likeness (QED) is 0.138. The molecule has 9 nitrogen and oxygen atoms in total. The van der Waals surface area contributed by atoms with E-state index >= 15 is 0 Å². The van der Waals surface area contributed by atoms with Gasteiger partial charge in [-0.25, -0.2) is 14.2 Å². The molecule has 212 valence electrons. The number of rotatable bonds is 10. The molecule has 0 spiro atoms. The van der Waals surface area contributed by atoms with Gasteiger partial charge in [-0.05, 0) is 77.5 Å². The van der Waals surface area contributed by atoms with Crippen LogP contribution in [0.15, 0.2) is 77.6 Å². The predicted octanol–water partition coefficient (Wildman–Crippen LogP) is 4.56. The van der Waals surface area contributed by atoms with Gasteiger partial charge in [0.2, 0.25) is 5.88 Å². The van der Waals surface area contributed by atoms with Gasteiger partial charge in [-0.2, -0.15) is 0 Å². The normalized spacial score (nSPS) is 12.8. The Kier molecular flexibility index (Phi) is 8.57. The van der Waals surface area contributed by atoms with Crippen molar-refractivity contribution in [1.29, 1.82) is 0 Å². The summed E-state index contributed by atoms with van der Waals surface area (Å²) < 4.78 is 22.3. The van der Waals surface area contributed by atoms with Gasteiger partial charge in [0, 0.05) is 26.8 Å². The minimum absolute atomic E-state index is 0.0772. The molecule has 41 heavy (non-hydrogen) atoms. The number of aliphatic hydroxyl groups excluding tert-OH is 2. The Bertz CT molecular complexity index is 1700. The molecule has 0 fully saturated rings. The average molecular weight is 670 g/mol. The number of nitrogens with one attached hydrogen (secondary N) is 2. The summed E-state index contributed by atoms with van der Waals surface area (Å²) >= 11 is 2.05. The minimum atomic E-state index is -1.00. The summed E-state index contributed by atoms with van der Waals surface area (Å²) in [5.41, 5.74) is 2.51. The monoisotopic (exact) mass is 670 g/mol. The van der Waals surface area contributed by atoms with Gasteiger partial charge in [0.1, 0.15) is 41.8 Å². The highest BCUT2D eigenvalue weighted by Crippen LogP contribution is 2.34. The van der Waals surface area contributed by atoms with E-state index in [1.54, 1.807) is 43.3 Å². The molecule has 0 aliphatic heterocycles. The smallest absolute Gasteiger partial charge is 0.329 e. The fourth-order valence-electron chi connectivity index (χ4n) is 4.63. The van der Waals surface area contributed by atoms with Crippen LogP contribution in [0.25, 0.3) is 22.5 Å². The summed E-state index contributed by atoms with van der Waals surface area (Å²) in [6.07, 6.45) is -0.675. The van der Waals surface area contributed by atoms with Crippen LogP contribution in [0.1, 0.15) is 23.1 Å². The fourth-order valence-corrected chi connectivity index (χ4v) is 5.08. The van der Waals surface area contributed by atoms with E-state index in [-0.39, 0.29) is 18.2 Å². The number of aliphatic hydroxyl groups is 2. The minimum Gasteiger partial charge on any atom is -0.493 e. The lowest BCUT2D eigenvalue weighted by Crippen LogP contribution is -2.25. The van der Waals surface area contributed by atoms with Gasteiger partial charge >= 0.3 is 5.69 Å². The van der Waals surface area contributed by atoms with Crippen molar-refractivity contribution in [2.45, 2.75) is 25.5 Å². The second-order valence-electron chi connectivity index (χ2n) is 9.60. The fraction of sp³-hybridized carbons (Fsp3) is 0.200. The maximum absolute atomic E-state index is 14.9. The number of aromatic amines is 2. The highest BCUT2D eigenvalue weighted by Gasteiger charge is 2.27. The summed E-state index contributed by atoms with van der Waals surface area (Å²) in [5.74, 6) is 0.163. The van der Waals surface area contributed by atoms with Gasteiger partial charge in [-0.1, -0.05) is 30.3 Å². The maximum atomic E-state index is 14.9. The molecule has 5 rings (SSSR count). The first-order valence-electron chi connectivity index (χ1n) is 12.9. The van der Waals surface area contributed by atoms with Crippen LogP contribution in [0.4, 0.5) is 4.39 Å². The number of imidazole rings is 2. The average Bonchev–Trinajstić information content (AvgIpc) is 3.49. The van der Waals surface area contributed by atoms with Crippen LogP contribution in [0.5, 0.6) is 11.6 Å². The molecule has 0 radical (unpaired) electrons. The zero-order valence-corrected chi connectivity index (χ0v) is 24.2. The second-order valence-corrected chi connectivity index (χ2v) is 10.8. The Morgan fingerprint density at radius 1 is 1.07 bits per heavy atom. The van der Waals surface area contributed by atoms with Gasteiger partial charge in [0.25, 0.3) is 0 Å². The number of benzene rings is 3. The van der Waals surface area contributed by atoms with Gasteiger partial charge in [0.15, 0.2) is 0 Å². The summed E-state index contributed by atoms with van der Waals surface area (Å²) in [7, 11) is 0. The van der Waals surface area contributed by atoms with E-state index in [2.05, 4.69) is 9.97 Å². The molecule has 0 aliphatic rings. The Morgan fingerprint density at radius 3 is 2.49 bits per heavy atom. The third-order valence-electron chi connectivity index (χ3n) is 6.69. The molecule has 3 aromatic carbocycles. The molecule has 5 aromatic rings. The van der Waals surface area contributed by atoms with Crippen LogP contribution in [-0.4, -0.2) is 54.2 Å². The number of aromatic nitrogens is 4. The second kappa shape index (κ2) is 12.3. The number of H-pyrrole nitrogens is 2. The van der Waals surface area contributed by atoms with Gasteiger partial charge in [0.05, 0.1) is 12.3 Å². The molecule has 0 amide bonds. The molecular weight excluding hydrogens is 642 g/mol. The third-order valence-corrected chi connectivity index (χ3v) is 7.36. The first kappa shape index (κ1) is 28.6. The highest BCUT2D eigenvalue weighted by atomic mass is 127. The lowest BCUT2D eigenvalue weighted by molar-refractivity contribution is 0.0536. The molecule has 0 saturated carbocycles. The molecule has 11 heteroatoms. The van der Waals surface area contributed by atoms with Gasteiger partial charge < -0.3 is 30.0 Å². The molecule has 0 unspecified atom stereocenters. The molecule has 2 aromatic heterocycles. The highest BCUT2D eigenvalue weighted by molar-refractivity contribution is 14.1. The van der Waals surface area contributed by atoms with E-state index in [0.29, 0.717) is 40.5 Å². The number of ether oxygens (including phenoxy) is 1. The summed E-state index contributed by atoms with van der Waals surface area (Å²) in [4.78, 5) is 24.0. The first-order valence-corrected chi connectivity index (χ1v) is 13.9. The lowest BCUT2D eigenvalue weighted by Gasteiger charge is -2.17. The van der Waals surface area contributed by atoms with Crippen molar-refractivity contribution in [3.05, 3.63) is 110 Å². The van der Waals surface area contributed by atoms with Crippen LogP contribution >= 0.6 is 22.6 Å². The molecule has 2 heterocycles. The summed E-state index contributed by atoms with van der Waals surface area (Å²) in [6.45, 7) is 1.30. The Morgan fingerprint density at radius 2 is 1.80 bits per heavy atom. The predicted molar refractivity (Wildman–Crippen MR) is 160 cm³/mol. The molecule has 0 saturated heterocycles. The van der Waals surface area contributed by atoms with Gasteiger partial charge in [-0.15, -0.1) is 0 Å². The topological polar surface area (TPSA) is 136 Å². The van der Waals surface area contributed by atoms with E-state index in [0.717, 1.165) is 9.13 Å². The largest absolute Gasteiger partial charge is 0.493 e. The van der Waals surface area contributed by atoms with E-state index < -0.39 is 30.3 Å². The zero-order chi connectivity index (χ0) is 29.1. The van der Waals surface area contributed by atoms with Crippen molar-refractivity contribution in [3.63, 3.8) is 0 Å². The van der Waals surface area contributed by atoms with Crippen molar-refractivity contribution in [2.75, 3.05) is 13.2 Å². The Labute approximate surface area is 248 Å². The number of hydrogen-bond donors (Lipinski definition) is 5. The zero-order valence-electron chi connectivity index (χ0n) is 22.0. The molecule has 0 bridgehead atoms. The summed E-state index contributed by atoms with van der Waals surface area (Å²) in [5, 5.41) is 29.8. The molecule has 2 atom stereocenters. The van der Waals surface area contributed by atoms with Crippen LogP contribution < -0.4 is 10.4 Å². The van der Waals surface area contributed by atoms with Crippen LogP contribution in [-0.2, 0) is 6.42 Å². The number of nitrogens with zero attached hydrogens (tertiary/aromatic N) is 2. The lowest BCUT2D eigenvalue weighted by atomic mass is 10.0. The maximum Gasteiger partial charge on any atom is 0.329 e. The van der Waals surface area contributed by atoms with Gasteiger partial charge in [-0.3, -0.25) is 4.57 Å². The van der Waals surface area contributed by atoms with Crippen molar-refractivity contribution in [3.8, 4) is 34.1 Å². The van der Waals surface area contributed by atoms with E-state index in [1.807, 2.05) is 52.9 Å². The van der Waals surface area contributed by atoms with Crippen molar-refractivity contribution in [1.82, 2.24) is 19.5 Å². The van der Waals surface area contributed by atoms with E-state index in [4.69, 9.17) is 14.8 Å². The van der Waals surface area contributed by atoms with E-state index in [9.17, 15) is 19.4 Å². The number of aryl methyl sites for hydroxylation is 1. The SMILES string of the molecule is Cc1[nH]c([C@@H](Cc2ccccc2)n2c(O)c(-c3ccc(OC[C@H](O)CO)cc3)[nH]c2=O)nc1-c1ccc(I)cc1F. The van der Waals surface area contributed by atoms with Crippen LogP contribution in [0.2, 0.25) is 0 Å². The van der Waals surface area contributed by atoms with Crippen molar-refractivity contribution >= 4 is 22.6 Å². The standard InChI is InChI=1S/C30H28FIN4O5/c1-17-26(23-12-9-20(32)14-24(23)31)34-28(33-17)25(13-18-5-3-2-4-6-18)36-29(39)27(35-30(36)40)19-7-10-22(11-8-19)41-16-21(38)15-37/h2-12,14,21,25,37-39H,13,15-16H2,1H3,(H,33,34)(H,35,40)/t21-,25-/m1/s1. The number of halogens is 2. The Hall–Kier alpha value is -3.94. The van der Waals surface area contributed by atoms with E-state index in [1.165, 1.54) is 10.6 Å². The molecule has 5 N–H and O–H groups in total. The number of aromatic hydroxyl groups is 1. The van der Waals surface area contributed by atoms with Crippen molar-refractivity contribution in [2.24, 2.45) is 0 Å². The number of hydrogen-bond acceptors (Lipinski definition) is 6. The van der Waals surface area contributed by atoms with Crippen molar-refractivity contribution < 1.29 is 24.4 Å². The van der Waals surface area contributed by atoms with Crippen LogP contribution in [0.3, 0.4) is 0 Å². The third kappa shape index (κ3) is 6.21. The molecule has 0 aliphatic carbocycles. The molecular formula is C30H28FIN4O5. The van der Waals surface area contributed by atoms with Crippen LogP contribution in [0, 0.1) is 16.3 Å². The first-order chi connectivity index (χ1) is 19.7. The summed E-state index contributed by atoms with van der Waals surface area (Å²) in [6, 6.07) is 20.3. The Balaban J connectivity index is 1.54.